The number of nitrogens with zero attached hydrogens (tertiary/aromatic N) is 2. The lowest BCUT2D eigenvalue weighted by Gasteiger charge is -2.46. The molecule has 168 valence electrons. The van der Waals surface area contributed by atoms with E-state index in [1.807, 2.05) is 6.92 Å². The van der Waals surface area contributed by atoms with Gasteiger partial charge in [0.25, 0.3) is 0 Å². The second-order valence-corrected chi connectivity index (χ2v) is 7.59. The Labute approximate surface area is 177 Å². The van der Waals surface area contributed by atoms with Crippen LogP contribution in [0.3, 0.4) is 0 Å². The molecule has 1 heterocycles. The van der Waals surface area contributed by atoms with Gasteiger partial charge < -0.3 is 29.0 Å². The molecule has 1 saturated heterocycles. The Hall–Kier alpha value is -2.68. The molecule has 1 aliphatic rings. The highest BCUT2D eigenvalue weighted by Gasteiger charge is 2.46. The lowest BCUT2D eigenvalue weighted by molar-refractivity contribution is -0.161. The number of aliphatic hydroxyl groups excluding tert-OH is 1. The van der Waals surface area contributed by atoms with Crippen molar-refractivity contribution in [3.05, 3.63) is 17.2 Å². The van der Waals surface area contributed by atoms with Crippen molar-refractivity contribution in [3.63, 3.8) is 0 Å². The van der Waals surface area contributed by atoms with Gasteiger partial charge in [0.05, 0.1) is 33.5 Å². The fourth-order valence-corrected chi connectivity index (χ4v) is 3.72. The van der Waals surface area contributed by atoms with Crippen LogP contribution in [0, 0.1) is 6.92 Å². The standard InChI is InChI=1S/C21H32N2O7/c1-11(2)30-21(26)23-15(20(25)22(5)13(4)19(23)24)9-14-10-16(27-6)18(29-8)12(3)17(14)28-7/h10-11,13,15,19,24H,9H2,1-8H3/t13-,15-,19?/m0/s1. The summed E-state index contributed by atoms with van der Waals surface area (Å²) >= 11 is 0. The SMILES string of the molecule is COc1cc(C[C@H]2C(=O)N(C)[C@@H](C)C(O)N2C(=O)OC(C)C)c(OC)c(C)c1OC. The zero-order valence-electron chi connectivity index (χ0n) is 18.9. The average Bonchev–Trinajstić information content (AvgIpc) is 2.69. The molecule has 1 aromatic rings. The number of carbonyl (C=O) groups is 2. The molecule has 0 saturated carbocycles. The lowest BCUT2D eigenvalue weighted by atomic mass is 9.96. The summed E-state index contributed by atoms with van der Waals surface area (Å²) in [6, 6.07) is 0.162. The summed E-state index contributed by atoms with van der Waals surface area (Å²) in [6.07, 6.45) is -2.25. The van der Waals surface area contributed by atoms with Crippen LogP contribution < -0.4 is 14.2 Å². The van der Waals surface area contributed by atoms with E-state index in [1.165, 1.54) is 26.2 Å². The minimum atomic E-state index is -1.21. The number of ether oxygens (including phenoxy) is 4. The maximum absolute atomic E-state index is 13.1. The van der Waals surface area contributed by atoms with E-state index in [0.29, 0.717) is 28.4 Å². The maximum atomic E-state index is 13.1. The highest BCUT2D eigenvalue weighted by molar-refractivity contribution is 5.88. The Kier molecular flexibility index (Phi) is 7.41. The van der Waals surface area contributed by atoms with Crippen molar-refractivity contribution in [2.45, 2.75) is 58.5 Å². The van der Waals surface area contributed by atoms with Crippen LogP contribution in [0.25, 0.3) is 0 Å². The summed E-state index contributed by atoms with van der Waals surface area (Å²) in [5, 5.41) is 10.8. The highest BCUT2D eigenvalue weighted by Crippen LogP contribution is 2.41. The van der Waals surface area contributed by atoms with Crippen LogP contribution in [0.5, 0.6) is 17.2 Å². The third kappa shape index (κ3) is 4.26. The highest BCUT2D eigenvalue weighted by atomic mass is 16.6. The first-order valence-corrected chi connectivity index (χ1v) is 9.81. The number of hydrogen-bond acceptors (Lipinski definition) is 7. The molecule has 0 bridgehead atoms. The second-order valence-electron chi connectivity index (χ2n) is 7.59. The van der Waals surface area contributed by atoms with Gasteiger partial charge in [-0.2, -0.15) is 0 Å². The summed E-state index contributed by atoms with van der Waals surface area (Å²) in [5.41, 5.74) is 1.35. The first kappa shape index (κ1) is 23.6. The van der Waals surface area contributed by atoms with Crippen molar-refractivity contribution in [1.29, 1.82) is 0 Å². The van der Waals surface area contributed by atoms with Crippen molar-refractivity contribution in [2.75, 3.05) is 28.4 Å². The van der Waals surface area contributed by atoms with E-state index < -0.39 is 30.5 Å². The molecule has 9 nitrogen and oxygen atoms in total. The zero-order chi connectivity index (χ0) is 22.7. The molecule has 1 N–H and O–H groups in total. The minimum absolute atomic E-state index is 0.102. The van der Waals surface area contributed by atoms with Crippen LogP contribution >= 0.6 is 0 Å². The molecule has 3 atom stereocenters. The van der Waals surface area contributed by atoms with Crippen molar-refractivity contribution in [1.82, 2.24) is 9.80 Å². The predicted octanol–water partition coefficient (Wildman–Crippen LogP) is 1.96. The van der Waals surface area contributed by atoms with Crippen LogP contribution in [0.2, 0.25) is 0 Å². The van der Waals surface area contributed by atoms with Crippen LogP contribution in [0.1, 0.15) is 31.9 Å². The number of aliphatic hydroxyl groups is 1. The molecular formula is C21H32N2O7. The van der Waals surface area contributed by atoms with Crippen molar-refractivity contribution >= 4 is 12.0 Å². The molecule has 0 aliphatic carbocycles. The Bertz CT molecular complexity index is 796. The number of likely N-dealkylation sites (N-methyl/N-ethyl adjacent to an activating group) is 1. The van der Waals surface area contributed by atoms with Gasteiger partial charge >= 0.3 is 6.09 Å². The number of rotatable bonds is 6. The molecular weight excluding hydrogens is 392 g/mol. The van der Waals surface area contributed by atoms with Gasteiger partial charge in [-0.3, -0.25) is 9.69 Å². The lowest BCUT2D eigenvalue weighted by Crippen LogP contribution is -2.67. The molecule has 9 heteroatoms. The third-order valence-corrected chi connectivity index (χ3v) is 5.39. The molecule has 0 aromatic heterocycles. The van der Waals surface area contributed by atoms with E-state index in [9.17, 15) is 14.7 Å². The van der Waals surface area contributed by atoms with E-state index in [0.717, 1.165) is 4.90 Å². The monoisotopic (exact) mass is 424 g/mol. The molecule has 2 rings (SSSR count). The van der Waals surface area contributed by atoms with Crippen LogP contribution in [-0.2, 0) is 16.0 Å². The molecule has 0 radical (unpaired) electrons. The Morgan fingerprint density at radius 2 is 1.77 bits per heavy atom. The molecule has 1 aliphatic heterocycles. The van der Waals surface area contributed by atoms with Crippen LogP contribution in [-0.4, -0.2) is 79.7 Å². The fraction of sp³-hybridized carbons (Fsp3) is 0.619. The topological polar surface area (TPSA) is 97.8 Å². The average molecular weight is 424 g/mol. The summed E-state index contributed by atoms with van der Waals surface area (Å²) < 4.78 is 21.7. The number of hydrogen-bond donors (Lipinski definition) is 1. The smallest absolute Gasteiger partial charge is 0.412 e. The largest absolute Gasteiger partial charge is 0.496 e. The molecule has 1 unspecified atom stereocenters. The van der Waals surface area contributed by atoms with E-state index in [4.69, 9.17) is 18.9 Å². The summed E-state index contributed by atoms with van der Waals surface area (Å²) in [6.45, 7) is 6.92. The fourth-order valence-electron chi connectivity index (χ4n) is 3.72. The third-order valence-electron chi connectivity index (χ3n) is 5.39. The van der Waals surface area contributed by atoms with Crippen molar-refractivity contribution < 1.29 is 33.6 Å². The first-order valence-electron chi connectivity index (χ1n) is 9.81. The zero-order valence-corrected chi connectivity index (χ0v) is 18.9. The van der Waals surface area contributed by atoms with Gasteiger partial charge in [0, 0.05) is 24.6 Å². The van der Waals surface area contributed by atoms with Gasteiger partial charge in [-0.15, -0.1) is 0 Å². The van der Waals surface area contributed by atoms with E-state index in [-0.39, 0.29) is 12.3 Å². The van der Waals surface area contributed by atoms with Gasteiger partial charge in [-0.1, -0.05) is 0 Å². The number of methoxy groups -OCH3 is 3. The Balaban J connectivity index is 2.55. The molecule has 0 spiro atoms. The van der Waals surface area contributed by atoms with Crippen LogP contribution in [0.4, 0.5) is 4.79 Å². The van der Waals surface area contributed by atoms with Gasteiger partial charge in [0.15, 0.2) is 17.7 Å². The van der Waals surface area contributed by atoms with Crippen LogP contribution in [0.15, 0.2) is 6.07 Å². The maximum Gasteiger partial charge on any atom is 0.412 e. The summed E-state index contributed by atoms with van der Waals surface area (Å²) in [5.74, 6) is 1.22. The molecule has 1 fully saturated rings. The first-order chi connectivity index (χ1) is 14.1. The Morgan fingerprint density at radius 1 is 1.17 bits per heavy atom. The summed E-state index contributed by atoms with van der Waals surface area (Å²) in [7, 11) is 6.18. The van der Waals surface area contributed by atoms with Gasteiger partial charge in [-0.25, -0.2) is 4.79 Å². The number of carbonyl (C=O) groups excluding carboxylic acids is 2. The van der Waals surface area contributed by atoms with Gasteiger partial charge in [0.2, 0.25) is 5.91 Å². The number of amides is 2. The number of piperazine rings is 1. The normalized spacial score (nSPS) is 21.7. The number of benzene rings is 1. The Morgan fingerprint density at radius 3 is 2.27 bits per heavy atom. The van der Waals surface area contributed by atoms with E-state index in [1.54, 1.807) is 33.9 Å². The summed E-state index contributed by atoms with van der Waals surface area (Å²) in [4.78, 5) is 28.4. The minimum Gasteiger partial charge on any atom is -0.496 e. The molecule has 2 amide bonds. The predicted molar refractivity (Wildman–Crippen MR) is 110 cm³/mol. The molecule has 30 heavy (non-hydrogen) atoms. The molecule has 1 aromatic carbocycles. The van der Waals surface area contributed by atoms with Gasteiger partial charge in [0.1, 0.15) is 11.8 Å². The van der Waals surface area contributed by atoms with Crippen molar-refractivity contribution in [3.8, 4) is 17.2 Å². The van der Waals surface area contributed by atoms with E-state index >= 15 is 0 Å². The van der Waals surface area contributed by atoms with E-state index in [2.05, 4.69) is 0 Å². The van der Waals surface area contributed by atoms with Crippen molar-refractivity contribution in [2.24, 2.45) is 0 Å². The second kappa shape index (κ2) is 9.42. The quantitative estimate of drug-likeness (QED) is 0.745. The van der Waals surface area contributed by atoms with Gasteiger partial charge in [-0.05, 0) is 33.8 Å².